The van der Waals surface area contributed by atoms with Crippen LogP contribution in [0.3, 0.4) is 0 Å². The summed E-state index contributed by atoms with van der Waals surface area (Å²) >= 11 is 1.91. The van der Waals surface area contributed by atoms with Crippen molar-refractivity contribution in [3.8, 4) is 6.07 Å². The second-order valence-electron chi connectivity index (χ2n) is 8.44. The zero-order valence-electron chi connectivity index (χ0n) is 19.0. The van der Waals surface area contributed by atoms with Gasteiger partial charge in [-0.3, -0.25) is 9.59 Å². The molecule has 1 N–H and O–H groups in total. The van der Waals surface area contributed by atoms with Gasteiger partial charge in [-0.2, -0.15) is 5.26 Å². The van der Waals surface area contributed by atoms with E-state index >= 15 is 0 Å². The molecule has 2 aromatic carbocycles. The minimum atomic E-state index is -0.336. The number of nitriles is 1. The number of carbonyl (C=O) groups excluding carboxylic acids is 2. The molecule has 33 heavy (non-hydrogen) atoms. The Morgan fingerprint density at radius 1 is 1.00 bits per heavy atom. The third-order valence-electron chi connectivity index (χ3n) is 6.18. The lowest BCUT2D eigenvalue weighted by molar-refractivity contribution is -0.120. The van der Waals surface area contributed by atoms with E-state index in [0.717, 1.165) is 11.4 Å². The zero-order chi connectivity index (χ0) is 23.4. The van der Waals surface area contributed by atoms with Gasteiger partial charge in [0.2, 0.25) is 5.91 Å². The van der Waals surface area contributed by atoms with Crippen molar-refractivity contribution in [3.63, 3.8) is 0 Å². The average molecular weight is 461 g/mol. The summed E-state index contributed by atoms with van der Waals surface area (Å²) in [5.41, 5.74) is 2.65. The van der Waals surface area contributed by atoms with Gasteiger partial charge in [0.15, 0.2) is 5.78 Å². The monoisotopic (exact) mass is 460 g/mol. The molecule has 4 rings (SSSR count). The van der Waals surface area contributed by atoms with Crippen LogP contribution < -0.4 is 15.1 Å². The summed E-state index contributed by atoms with van der Waals surface area (Å²) in [7, 11) is 3.67. The largest absolute Gasteiger partial charge is 0.328 e. The Hall–Kier alpha value is -3.24. The third-order valence-corrected chi connectivity index (χ3v) is 7.53. The van der Waals surface area contributed by atoms with Gasteiger partial charge in [0.1, 0.15) is 17.5 Å². The molecular weight excluding hydrogens is 432 g/mol. The molecule has 170 valence electrons. The minimum absolute atomic E-state index is 0.0220. The number of nitrogens with zero attached hydrogens (tertiary/aromatic N) is 3. The second-order valence-corrected chi connectivity index (χ2v) is 9.81. The number of ketones is 1. The topological polar surface area (TPSA) is 76.4 Å². The molecule has 1 aliphatic heterocycles. The minimum Gasteiger partial charge on any atom is -0.328 e. The zero-order valence-corrected chi connectivity index (χ0v) is 19.8. The van der Waals surface area contributed by atoms with E-state index in [4.69, 9.17) is 0 Å². The van der Waals surface area contributed by atoms with Crippen molar-refractivity contribution in [2.45, 2.75) is 48.7 Å². The number of thioether (sulfide) groups is 1. The Morgan fingerprint density at radius 3 is 2.18 bits per heavy atom. The van der Waals surface area contributed by atoms with E-state index in [9.17, 15) is 14.9 Å². The SMILES string of the molecule is CN1C(=C(C#N)C(=O)CCC(=O)Nc2ccc(SC3CCCC3)cc2)N(C)c2ccccc21. The summed E-state index contributed by atoms with van der Waals surface area (Å²) in [6.45, 7) is 0. The number of fused-ring (bicyclic) bond motifs is 1. The number of hydrogen-bond acceptors (Lipinski definition) is 6. The lowest BCUT2D eigenvalue weighted by Gasteiger charge is -2.19. The molecule has 0 radical (unpaired) electrons. The molecule has 7 heteroatoms. The van der Waals surface area contributed by atoms with Crippen LogP contribution in [0.1, 0.15) is 38.5 Å². The molecular formula is C26H28N4O2S. The molecule has 0 aromatic heterocycles. The number of amides is 1. The highest BCUT2D eigenvalue weighted by Crippen LogP contribution is 2.40. The standard InChI is InChI=1S/C26H28N4O2S/c1-29-22-9-5-6-10-23(22)30(2)26(29)21(17-27)24(31)15-16-25(32)28-18-11-13-20(14-12-18)33-19-7-3-4-8-19/h5-6,9-14,19H,3-4,7-8,15-16H2,1-2H3,(H,28,32). The highest BCUT2D eigenvalue weighted by molar-refractivity contribution is 8.00. The fraction of sp³-hybridized carbons (Fsp3) is 0.346. The van der Waals surface area contributed by atoms with Gasteiger partial charge in [-0.25, -0.2) is 0 Å². The van der Waals surface area contributed by atoms with Gasteiger partial charge in [-0.1, -0.05) is 25.0 Å². The van der Waals surface area contributed by atoms with E-state index in [1.165, 1.54) is 30.6 Å². The first-order valence-corrected chi connectivity index (χ1v) is 12.2. The first-order chi connectivity index (χ1) is 16.0. The number of allylic oxidation sites excluding steroid dienone is 1. The molecule has 1 heterocycles. The predicted molar refractivity (Wildman–Crippen MR) is 133 cm³/mol. The van der Waals surface area contributed by atoms with E-state index in [0.29, 0.717) is 16.8 Å². The van der Waals surface area contributed by atoms with E-state index < -0.39 is 0 Å². The lowest BCUT2D eigenvalue weighted by Crippen LogP contribution is -2.26. The molecule has 0 bridgehead atoms. The maximum absolute atomic E-state index is 12.9. The molecule has 2 aliphatic rings. The van der Waals surface area contributed by atoms with Crippen LogP contribution in [0.15, 0.2) is 64.8 Å². The number of Topliss-reactive ketones (excluding diaryl/α,β-unsaturated/α-hetero) is 1. The summed E-state index contributed by atoms with van der Waals surface area (Å²) in [5, 5.41) is 13.3. The second kappa shape index (κ2) is 10.1. The lowest BCUT2D eigenvalue weighted by atomic mass is 10.1. The number of hydrogen-bond donors (Lipinski definition) is 1. The van der Waals surface area contributed by atoms with Crippen LogP contribution in [-0.4, -0.2) is 31.0 Å². The summed E-state index contributed by atoms with van der Waals surface area (Å²) in [4.78, 5) is 30.2. The Kier molecular flexibility index (Phi) is 7.05. The Balaban J connectivity index is 1.35. The maximum Gasteiger partial charge on any atom is 0.224 e. The Bertz CT molecular complexity index is 1080. The molecule has 2 aromatic rings. The van der Waals surface area contributed by atoms with Gasteiger partial charge in [-0.15, -0.1) is 11.8 Å². The van der Waals surface area contributed by atoms with Gasteiger partial charge in [0, 0.05) is 42.8 Å². The van der Waals surface area contributed by atoms with E-state index in [1.54, 1.807) is 0 Å². The fourth-order valence-corrected chi connectivity index (χ4v) is 5.70. The number of rotatable bonds is 7. The highest BCUT2D eigenvalue weighted by atomic mass is 32.2. The van der Waals surface area contributed by atoms with Crippen molar-refractivity contribution in [2.24, 2.45) is 0 Å². The van der Waals surface area contributed by atoms with Crippen LogP contribution >= 0.6 is 11.8 Å². The predicted octanol–water partition coefficient (Wildman–Crippen LogP) is 5.33. The number of nitrogens with one attached hydrogen (secondary N) is 1. The first kappa shape index (κ1) is 22.9. The van der Waals surface area contributed by atoms with Crippen LogP contribution in [0, 0.1) is 11.3 Å². The van der Waals surface area contributed by atoms with Crippen molar-refractivity contribution < 1.29 is 9.59 Å². The normalized spacial score (nSPS) is 15.4. The summed E-state index contributed by atoms with van der Waals surface area (Å²) < 4.78 is 0. The van der Waals surface area contributed by atoms with Crippen molar-refractivity contribution in [2.75, 3.05) is 29.2 Å². The number of carbonyl (C=O) groups is 2. The van der Waals surface area contributed by atoms with E-state index in [1.807, 2.05) is 84.2 Å². The van der Waals surface area contributed by atoms with Crippen LogP contribution in [0.2, 0.25) is 0 Å². The number of benzene rings is 2. The quantitative estimate of drug-likeness (QED) is 0.445. The number of para-hydroxylation sites is 2. The highest BCUT2D eigenvalue weighted by Gasteiger charge is 2.31. The third kappa shape index (κ3) is 5.07. The van der Waals surface area contributed by atoms with Gasteiger partial charge in [0.05, 0.1) is 11.4 Å². The smallest absolute Gasteiger partial charge is 0.224 e. The maximum atomic E-state index is 12.9. The molecule has 1 aliphatic carbocycles. The molecule has 1 amide bonds. The molecule has 0 unspecified atom stereocenters. The van der Waals surface area contributed by atoms with Crippen molar-refractivity contribution in [3.05, 3.63) is 59.9 Å². The molecule has 0 saturated heterocycles. The van der Waals surface area contributed by atoms with Gasteiger partial charge in [-0.05, 0) is 49.2 Å². The van der Waals surface area contributed by atoms with E-state index in [2.05, 4.69) is 11.4 Å². The van der Waals surface area contributed by atoms with Crippen molar-refractivity contribution in [1.82, 2.24) is 0 Å². The molecule has 1 fully saturated rings. The summed E-state index contributed by atoms with van der Waals surface area (Å²) in [6, 6.07) is 17.7. The van der Waals surface area contributed by atoms with Crippen LogP contribution in [0.5, 0.6) is 0 Å². The van der Waals surface area contributed by atoms with Crippen LogP contribution in [-0.2, 0) is 9.59 Å². The fourth-order valence-electron chi connectivity index (χ4n) is 4.45. The van der Waals surface area contributed by atoms with Gasteiger partial charge in [0.25, 0.3) is 0 Å². The summed E-state index contributed by atoms with van der Waals surface area (Å²) in [5.74, 6) is -0.0322. The van der Waals surface area contributed by atoms with Gasteiger partial charge < -0.3 is 15.1 Å². The molecule has 1 saturated carbocycles. The van der Waals surface area contributed by atoms with Crippen LogP contribution in [0.25, 0.3) is 0 Å². The molecule has 0 spiro atoms. The van der Waals surface area contributed by atoms with Gasteiger partial charge >= 0.3 is 0 Å². The Morgan fingerprint density at radius 2 is 1.61 bits per heavy atom. The number of anilines is 3. The van der Waals surface area contributed by atoms with Crippen molar-refractivity contribution >= 4 is 40.5 Å². The first-order valence-electron chi connectivity index (χ1n) is 11.3. The summed E-state index contributed by atoms with van der Waals surface area (Å²) in [6.07, 6.45) is 5.18. The van der Waals surface area contributed by atoms with Crippen LogP contribution in [0.4, 0.5) is 17.1 Å². The average Bonchev–Trinajstić information content (AvgIpc) is 3.42. The molecule has 0 atom stereocenters. The Labute approximate surface area is 199 Å². The van der Waals surface area contributed by atoms with E-state index in [-0.39, 0.29) is 30.1 Å². The molecule has 6 nitrogen and oxygen atoms in total. The van der Waals surface area contributed by atoms with Crippen molar-refractivity contribution in [1.29, 1.82) is 5.26 Å².